The smallest absolute Gasteiger partial charge is 0.0834 e. The number of hydrogen-bond donors (Lipinski definition) is 1. The summed E-state index contributed by atoms with van der Waals surface area (Å²) in [6, 6.07) is 2.33. The Balaban J connectivity index is 2.17. The molecule has 1 aromatic heterocycles. The summed E-state index contributed by atoms with van der Waals surface area (Å²) in [5.74, 6) is 0. The molecule has 20 heavy (non-hydrogen) atoms. The summed E-state index contributed by atoms with van der Waals surface area (Å²) in [4.78, 5) is 4.07. The Bertz CT molecular complexity index is 419. The fraction of sp³-hybridized carbons (Fsp3) is 0.688. The first-order chi connectivity index (χ1) is 9.72. The van der Waals surface area contributed by atoms with Gasteiger partial charge in [0.25, 0.3) is 0 Å². The molecule has 0 spiro atoms. The molecule has 0 radical (unpaired) electrons. The molecular weight excluding hydrogens is 272 g/mol. The topological polar surface area (TPSA) is 34.2 Å². The van der Waals surface area contributed by atoms with Crippen molar-refractivity contribution >= 4 is 11.6 Å². The van der Waals surface area contributed by atoms with Crippen molar-refractivity contribution in [2.45, 2.75) is 57.1 Å². The van der Waals surface area contributed by atoms with Gasteiger partial charge in [-0.3, -0.25) is 4.98 Å². The first kappa shape index (κ1) is 15.7. The second kappa shape index (κ2) is 7.39. The number of rotatable bonds is 7. The third-order valence-electron chi connectivity index (χ3n) is 4.41. The first-order valence-electron chi connectivity index (χ1n) is 7.59. The predicted molar refractivity (Wildman–Crippen MR) is 83.2 cm³/mol. The Kier molecular flexibility index (Phi) is 5.82. The summed E-state index contributed by atoms with van der Waals surface area (Å²) >= 11 is 6.27. The molecule has 1 atom stereocenters. The summed E-state index contributed by atoms with van der Waals surface area (Å²) in [6.07, 6.45) is 10.3. The van der Waals surface area contributed by atoms with Crippen molar-refractivity contribution in [3.8, 4) is 0 Å². The highest BCUT2D eigenvalue weighted by Gasteiger charge is 2.41. The molecule has 0 bridgehead atoms. The van der Waals surface area contributed by atoms with Crippen LogP contribution in [0.4, 0.5) is 0 Å². The number of aromatic nitrogens is 1. The Hall–Kier alpha value is -0.640. The van der Waals surface area contributed by atoms with E-state index in [1.54, 1.807) is 6.20 Å². The molecule has 0 amide bonds. The van der Waals surface area contributed by atoms with Crippen LogP contribution < -0.4 is 5.32 Å². The van der Waals surface area contributed by atoms with Crippen LogP contribution >= 0.6 is 11.6 Å². The van der Waals surface area contributed by atoms with Crippen LogP contribution in [0.15, 0.2) is 18.5 Å². The molecule has 1 unspecified atom stereocenters. The van der Waals surface area contributed by atoms with Gasteiger partial charge in [0.1, 0.15) is 0 Å². The number of halogens is 1. The molecule has 0 saturated heterocycles. The molecule has 3 nitrogen and oxygen atoms in total. The first-order valence-corrected chi connectivity index (χ1v) is 7.96. The summed E-state index contributed by atoms with van der Waals surface area (Å²) in [5.41, 5.74) is 1.11. The molecular formula is C16H25ClN2O. The average Bonchev–Trinajstić information content (AvgIpc) is 2.95. The molecule has 1 N–H and O–H groups in total. The highest BCUT2D eigenvalue weighted by atomic mass is 35.5. The normalized spacial score (nSPS) is 19.1. The zero-order valence-corrected chi connectivity index (χ0v) is 13.2. The number of nitrogens with zero attached hydrogens (tertiary/aromatic N) is 1. The van der Waals surface area contributed by atoms with Gasteiger partial charge >= 0.3 is 0 Å². The minimum absolute atomic E-state index is 0.0399. The van der Waals surface area contributed by atoms with Crippen LogP contribution in [0.1, 0.15) is 44.6 Å². The second-order valence-corrected chi connectivity index (χ2v) is 6.06. The van der Waals surface area contributed by atoms with Crippen molar-refractivity contribution in [1.29, 1.82) is 0 Å². The maximum absolute atomic E-state index is 6.27. The fourth-order valence-corrected chi connectivity index (χ4v) is 3.42. The molecule has 1 aromatic rings. The van der Waals surface area contributed by atoms with Crippen molar-refractivity contribution in [3.63, 3.8) is 0 Å². The van der Waals surface area contributed by atoms with Gasteiger partial charge in [-0.2, -0.15) is 0 Å². The van der Waals surface area contributed by atoms with Crippen molar-refractivity contribution in [1.82, 2.24) is 10.3 Å². The van der Waals surface area contributed by atoms with E-state index in [1.165, 1.54) is 12.8 Å². The van der Waals surface area contributed by atoms with Crippen LogP contribution in [0.25, 0.3) is 0 Å². The Morgan fingerprint density at radius 3 is 2.80 bits per heavy atom. The molecule has 4 heteroatoms. The van der Waals surface area contributed by atoms with E-state index in [1.807, 2.05) is 19.4 Å². The Morgan fingerprint density at radius 2 is 2.20 bits per heavy atom. The molecule has 112 valence electrons. The predicted octanol–water partition coefficient (Wildman–Crippen LogP) is 3.60. The van der Waals surface area contributed by atoms with E-state index >= 15 is 0 Å². The molecule has 0 aromatic carbocycles. The lowest BCUT2D eigenvalue weighted by molar-refractivity contribution is -0.0354. The van der Waals surface area contributed by atoms with Crippen LogP contribution in [0.5, 0.6) is 0 Å². The van der Waals surface area contributed by atoms with E-state index in [4.69, 9.17) is 16.3 Å². The number of pyridine rings is 1. The standard InChI is InChI=1S/C16H25ClN2O/c1-3-9-19-15(16(20-2)7-4-5-8-16)11-13-6-10-18-12-14(13)17/h6,10,12,15,19H,3-5,7-9,11H2,1-2H3. The monoisotopic (exact) mass is 296 g/mol. The van der Waals surface area contributed by atoms with E-state index in [0.29, 0.717) is 6.04 Å². The fourth-order valence-electron chi connectivity index (χ4n) is 3.22. The molecule has 2 rings (SSSR count). The van der Waals surface area contributed by atoms with Crippen molar-refractivity contribution in [2.75, 3.05) is 13.7 Å². The molecule has 1 fully saturated rings. The van der Waals surface area contributed by atoms with E-state index in [9.17, 15) is 0 Å². The third kappa shape index (κ3) is 3.51. The van der Waals surface area contributed by atoms with Crippen molar-refractivity contribution in [3.05, 3.63) is 29.0 Å². The molecule has 1 heterocycles. The lowest BCUT2D eigenvalue weighted by atomic mass is 9.87. The maximum Gasteiger partial charge on any atom is 0.0834 e. The van der Waals surface area contributed by atoms with Crippen molar-refractivity contribution < 1.29 is 4.74 Å². The highest BCUT2D eigenvalue weighted by molar-refractivity contribution is 6.31. The van der Waals surface area contributed by atoms with Gasteiger partial charge in [-0.15, -0.1) is 0 Å². The van der Waals surface area contributed by atoms with E-state index < -0.39 is 0 Å². The summed E-state index contributed by atoms with van der Waals surface area (Å²) in [5, 5.41) is 4.42. The van der Waals surface area contributed by atoms with Gasteiger partial charge in [0.05, 0.1) is 10.6 Å². The zero-order valence-electron chi connectivity index (χ0n) is 12.5. The van der Waals surface area contributed by atoms with Gasteiger partial charge in [-0.05, 0) is 43.9 Å². The SMILES string of the molecule is CCCNC(Cc1ccncc1Cl)C1(OC)CCCC1. The van der Waals surface area contributed by atoms with Crippen LogP contribution in [0.3, 0.4) is 0 Å². The molecule has 1 aliphatic rings. The van der Waals surface area contributed by atoms with E-state index in [2.05, 4.69) is 17.2 Å². The maximum atomic E-state index is 6.27. The lowest BCUT2D eigenvalue weighted by Gasteiger charge is -2.37. The second-order valence-electron chi connectivity index (χ2n) is 5.65. The van der Waals surface area contributed by atoms with Crippen LogP contribution in [-0.4, -0.2) is 30.3 Å². The molecule has 1 saturated carbocycles. The van der Waals surface area contributed by atoms with Crippen LogP contribution in [-0.2, 0) is 11.2 Å². The van der Waals surface area contributed by atoms with E-state index in [-0.39, 0.29) is 5.60 Å². The largest absolute Gasteiger partial charge is 0.377 e. The van der Waals surface area contributed by atoms with Crippen LogP contribution in [0.2, 0.25) is 5.02 Å². The minimum atomic E-state index is -0.0399. The van der Waals surface area contributed by atoms with Gasteiger partial charge in [-0.25, -0.2) is 0 Å². The number of hydrogen-bond acceptors (Lipinski definition) is 3. The van der Waals surface area contributed by atoms with Gasteiger partial charge in [0.2, 0.25) is 0 Å². The number of methoxy groups -OCH3 is 1. The Labute approximate surface area is 127 Å². The third-order valence-corrected chi connectivity index (χ3v) is 4.75. The summed E-state index contributed by atoms with van der Waals surface area (Å²) in [6.45, 7) is 3.20. The number of ether oxygens (including phenoxy) is 1. The Morgan fingerprint density at radius 1 is 1.45 bits per heavy atom. The highest BCUT2D eigenvalue weighted by Crippen LogP contribution is 2.37. The van der Waals surface area contributed by atoms with Crippen molar-refractivity contribution in [2.24, 2.45) is 0 Å². The molecule has 1 aliphatic carbocycles. The quantitative estimate of drug-likeness (QED) is 0.835. The minimum Gasteiger partial charge on any atom is -0.377 e. The average molecular weight is 297 g/mol. The number of nitrogens with one attached hydrogen (secondary N) is 1. The van der Waals surface area contributed by atoms with Gasteiger partial charge in [0.15, 0.2) is 0 Å². The van der Waals surface area contributed by atoms with Gasteiger partial charge in [0, 0.05) is 25.5 Å². The summed E-state index contributed by atoms with van der Waals surface area (Å²) in [7, 11) is 1.85. The van der Waals surface area contributed by atoms with Gasteiger partial charge in [-0.1, -0.05) is 31.4 Å². The lowest BCUT2D eigenvalue weighted by Crippen LogP contribution is -2.52. The molecule has 0 aliphatic heterocycles. The summed E-state index contributed by atoms with van der Waals surface area (Å²) < 4.78 is 5.95. The van der Waals surface area contributed by atoms with Gasteiger partial charge < -0.3 is 10.1 Å². The van der Waals surface area contributed by atoms with E-state index in [0.717, 1.165) is 42.8 Å². The van der Waals surface area contributed by atoms with Crippen LogP contribution in [0, 0.1) is 0 Å². The zero-order chi connectivity index (χ0) is 14.4.